The summed E-state index contributed by atoms with van der Waals surface area (Å²) in [6, 6.07) is 7.73. The third-order valence-corrected chi connectivity index (χ3v) is 4.16. The van der Waals surface area contributed by atoms with Crippen LogP contribution in [0.5, 0.6) is 5.75 Å². The molecular formula is C18H21N3O2. The zero-order chi connectivity index (χ0) is 16.6. The van der Waals surface area contributed by atoms with Gasteiger partial charge in [0.25, 0.3) is 0 Å². The maximum Gasteiger partial charge on any atom is 0.139 e. The van der Waals surface area contributed by atoms with Gasteiger partial charge in [0.15, 0.2) is 0 Å². The lowest BCUT2D eigenvalue weighted by Gasteiger charge is -2.22. The van der Waals surface area contributed by atoms with Crippen molar-refractivity contribution in [3.63, 3.8) is 0 Å². The summed E-state index contributed by atoms with van der Waals surface area (Å²) in [5, 5.41) is 10.9. The predicted octanol–water partition coefficient (Wildman–Crippen LogP) is 3.03. The van der Waals surface area contributed by atoms with Crippen molar-refractivity contribution >= 4 is 11.0 Å². The van der Waals surface area contributed by atoms with Gasteiger partial charge in [0.2, 0.25) is 0 Å². The van der Waals surface area contributed by atoms with Crippen molar-refractivity contribution in [1.29, 1.82) is 0 Å². The van der Waals surface area contributed by atoms with Crippen LogP contribution >= 0.6 is 0 Å². The SMILES string of the molecule is COc1c(C)cnc(CC(C)(O)c2nc3ccccc3[nH]2)c1C. The lowest BCUT2D eigenvalue weighted by molar-refractivity contribution is 0.0480. The Morgan fingerprint density at radius 2 is 2.00 bits per heavy atom. The number of nitrogens with one attached hydrogen (secondary N) is 1. The number of hydrogen-bond acceptors (Lipinski definition) is 4. The summed E-state index contributed by atoms with van der Waals surface area (Å²) in [7, 11) is 1.65. The van der Waals surface area contributed by atoms with E-state index >= 15 is 0 Å². The predicted molar refractivity (Wildman–Crippen MR) is 89.6 cm³/mol. The Balaban J connectivity index is 1.97. The summed E-state index contributed by atoms with van der Waals surface area (Å²) in [5.41, 5.74) is 3.35. The van der Waals surface area contributed by atoms with Crippen LogP contribution < -0.4 is 4.74 Å². The van der Waals surface area contributed by atoms with Crippen LogP contribution in [0.4, 0.5) is 0 Å². The number of aliphatic hydroxyl groups is 1. The van der Waals surface area contributed by atoms with Gasteiger partial charge in [0.1, 0.15) is 17.2 Å². The second-order valence-corrected chi connectivity index (χ2v) is 6.10. The molecule has 0 bridgehead atoms. The Bertz CT molecular complexity index is 820. The highest BCUT2D eigenvalue weighted by Gasteiger charge is 2.29. The van der Waals surface area contributed by atoms with Crippen molar-refractivity contribution in [2.24, 2.45) is 0 Å². The number of para-hydroxylation sites is 2. The van der Waals surface area contributed by atoms with Gasteiger partial charge in [0.05, 0.1) is 23.8 Å². The second kappa shape index (κ2) is 5.66. The number of ether oxygens (including phenoxy) is 1. The van der Waals surface area contributed by atoms with E-state index in [0.717, 1.165) is 33.6 Å². The van der Waals surface area contributed by atoms with Crippen LogP contribution in [-0.4, -0.2) is 27.2 Å². The van der Waals surface area contributed by atoms with Crippen molar-refractivity contribution in [1.82, 2.24) is 15.0 Å². The molecule has 5 heteroatoms. The number of rotatable bonds is 4. The summed E-state index contributed by atoms with van der Waals surface area (Å²) >= 11 is 0. The largest absolute Gasteiger partial charge is 0.496 e. The molecule has 0 fully saturated rings. The Kier molecular flexibility index (Phi) is 3.82. The van der Waals surface area contributed by atoms with Crippen LogP contribution in [0, 0.1) is 13.8 Å². The molecule has 5 nitrogen and oxygen atoms in total. The number of benzene rings is 1. The van der Waals surface area contributed by atoms with Crippen LogP contribution in [0.1, 0.15) is 29.6 Å². The molecule has 1 aromatic carbocycles. The summed E-state index contributed by atoms with van der Waals surface area (Å²) < 4.78 is 5.44. The second-order valence-electron chi connectivity index (χ2n) is 6.10. The quantitative estimate of drug-likeness (QED) is 0.777. The van der Waals surface area contributed by atoms with Gasteiger partial charge in [-0.3, -0.25) is 4.98 Å². The molecule has 0 spiro atoms. The molecule has 1 atom stereocenters. The number of methoxy groups -OCH3 is 1. The van der Waals surface area contributed by atoms with Gasteiger partial charge in [-0.25, -0.2) is 4.98 Å². The Labute approximate surface area is 135 Å². The molecule has 2 N–H and O–H groups in total. The molecule has 1 unspecified atom stereocenters. The number of pyridine rings is 1. The van der Waals surface area contributed by atoms with Crippen molar-refractivity contribution in [2.45, 2.75) is 32.8 Å². The van der Waals surface area contributed by atoms with Gasteiger partial charge < -0.3 is 14.8 Å². The standard InChI is InChI=1S/C18H21N3O2/c1-11-10-19-15(12(2)16(11)23-4)9-18(3,22)17-20-13-7-5-6-8-14(13)21-17/h5-8,10,22H,9H2,1-4H3,(H,20,21). The molecule has 23 heavy (non-hydrogen) atoms. The number of H-pyrrole nitrogens is 1. The molecule has 120 valence electrons. The first kappa shape index (κ1) is 15.5. The number of aryl methyl sites for hydroxylation is 1. The first-order valence-corrected chi connectivity index (χ1v) is 7.59. The summed E-state index contributed by atoms with van der Waals surface area (Å²) in [6.07, 6.45) is 2.13. The number of aromatic amines is 1. The Hall–Kier alpha value is -2.40. The minimum absolute atomic E-state index is 0.356. The average molecular weight is 311 g/mol. The van der Waals surface area contributed by atoms with E-state index in [2.05, 4.69) is 15.0 Å². The van der Waals surface area contributed by atoms with E-state index in [9.17, 15) is 5.11 Å². The minimum atomic E-state index is -1.14. The lowest BCUT2D eigenvalue weighted by Crippen LogP contribution is -2.27. The molecule has 0 amide bonds. The highest BCUT2D eigenvalue weighted by molar-refractivity contribution is 5.74. The third-order valence-electron chi connectivity index (χ3n) is 4.16. The molecule has 3 rings (SSSR count). The van der Waals surface area contributed by atoms with E-state index in [4.69, 9.17) is 4.74 Å². The highest BCUT2D eigenvalue weighted by Crippen LogP contribution is 2.30. The van der Waals surface area contributed by atoms with E-state index in [1.807, 2.05) is 38.1 Å². The number of fused-ring (bicyclic) bond motifs is 1. The molecule has 2 aromatic heterocycles. The van der Waals surface area contributed by atoms with Crippen LogP contribution in [0.15, 0.2) is 30.5 Å². The van der Waals surface area contributed by atoms with Gasteiger partial charge in [-0.1, -0.05) is 12.1 Å². The summed E-state index contributed by atoms with van der Waals surface area (Å²) in [4.78, 5) is 12.2. The van der Waals surface area contributed by atoms with E-state index in [1.54, 1.807) is 20.2 Å². The summed E-state index contributed by atoms with van der Waals surface area (Å²) in [5.74, 6) is 1.36. The zero-order valence-corrected chi connectivity index (χ0v) is 13.8. The van der Waals surface area contributed by atoms with Gasteiger partial charge in [-0.15, -0.1) is 0 Å². The molecule has 3 aromatic rings. The molecule has 0 aliphatic carbocycles. The van der Waals surface area contributed by atoms with Crippen molar-refractivity contribution in [3.05, 3.63) is 53.1 Å². The first-order valence-electron chi connectivity index (χ1n) is 7.59. The van der Waals surface area contributed by atoms with Gasteiger partial charge >= 0.3 is 0 Å². The lowest BCUT2D eigenvalue weighted by atomic mass is 9.96. The minimum Gasteiger partial charge on any atom is -0.496 e. The van der Waals surface area contributed by atoms with Crippen LogP contribution in [0.2, 0.25) is 0 Å². The molecule has 0 saturated carbocycles. The fourth-order valence-corrected chi connectivity index (χ4v) is 2.87. The smallest absolute Gasteiger partial charge is 0.139 e. The van der Waals surface area contributed by atoms with Gasteiger partial charge in [-0.2, -0.15) is 0 Å². The number of aromatic nitrogens is 3. The zero-order valence-electron chi connectivity index (χ0n) is 13.8. The van der Waals surface area contributed by atoms with Gasteiger partial charge in [0, 0.05) is 23.7 Å². The first-order chi connectivity index (χ1) is 10.9. The number of hydrogen-bond donors (Lipinski definition) is 2. The van der Waals surface area contributed by atoms with Crippen LogP contribution in [0.25, 0.3) is 11.0 Å². The highest BCUT2D eigenvalue weighted by atomic mass is 16.5. The number of imidazole rings is 1. The molecule has 0 aliphatic heterocycles. The maximum atomic E-state index is 10.9. The van der Waals surface area contributed by atoms with Crippen molar-refractivity contribution in [2.75, 3.05) is 7.11 Å². The van der Waals surface area contributed by atoms with Crippen molar-refractivity contribution in [3.8, 4) is 5.75 Å². The van der Waals surface area contributed by atoms with E-state index in [-0.39, 0.29) is 0 Å². The van der Waals surface area contributed by atoms with E-state index in [1.165, 1.54) is 0 Å². The monoisotopic (exact) mass is 311 g/mol. The molecular weight excluding hydrogens is 290 g/mol. The van der Waals surface area contributed by atoms with E-state index < -0.39 is 5.60 Å². The fraction of sp³-hybridized carbons (Fsp3) is 0.333. The number of nitrogens with zero attached hydrogens (tertiary/aromatic N) is 2. The normalized spacial score (nSPS) is 14.0. The maximum absolute atomic E-state index is 10.9. The van der Waals surface area contributed by atoms with Gasteiger partial charge in [-0.05, 0) is 32.9 Å². The molecule has 0 saturated heterocycles. The Morgan fingerprint density at radius 3 is 2.70 bits per heavy atom. The van der Waals surface area contributed by atoms with E-state index in [0.29, 0.717) is 12.2 Å². The third kappa shape index (κ3) is 2.80. The summed E-state index contributed by atoms with van der Waals surface area (Å²) in [6.45, 7) is 5.67. The average Bonchev–Trinajstić information content (AvgIpc) is 2.96. The Morgan fingerprint density at radius 1 is 1.26 bits per heavy atom. The van der Waals surface area contributed by atoms with Crippen molar-refractivity contribution < 1.29 is 9.84 Å². The fourth-order valence-electron chi connectivity index (χ4n) is 2.87. The van der Waals surface area contributed by atoms with Crippen LogP contribution in [-0.2, 0) is 12.0 Å². The van der Waals surface area contributed by atoms with Crippen LogP contribution in [0.3, 0.4) is 0 Å². The molecule has 0 radical (unpaired) electrons. The topological polar surface area (TPSA) is 71.0 Å². The molecule has 0 aliphatic rings. The molecule has 2 heterocycles.